The van der Waals surface area contributed by atoms with Crippen LogP contribution in [0.3, 0.4) is 0 Å². The maximum absolute atomic E-state index is 14.3. The maximum atomic E-state index is 14.3. The Morgan fingerprint density at radius 1 is 1.23 bits per heavy atom. The number of nitrogens with zero attached hydrogens (tertiary/aromatic N) is 2. The van der Waals surface area contributed by atoms with Gasteiger partial charge in [-0.25, -0.2) is 12.8 Å². The highest BCUT2D eigenvalue weighted by molar-refractivity contribution is 7.89. The van der Waals surface area contributed by atoms with E-state index in [0.29, 0.717) is 30.3 Å². The second kappa shape index (κ2) is 9.87. The number of rotatable bonds is 7. The average Bonchev–Trinajstić information content (AvgIpc) is 2.74. The van der Waals surface area contributed by atoms with Crippen LogP contribution in [0.25, 0.3) is 0 Å². The van der Waals surface area contributed by atoms with Gasteiger partial charge in [-0.3, -0.25) is 4.79 Å². The highest BCUT2D eigenvalue weighted by Gasteiger charge is 2.32. The normalized spacial score (nSPS) is 17.3. The van der Waals surface area contributed by atoms with Gasteiger partial charge in [-0.1, -0.05) is 48.9 Å². The fourth-order valence-electron chi connectivity index (χ4n) is 3.28. The van der Waals surface area contributed by atoms with Crippen molar-refractivity contribution in [3.63, 3.8) is 0 Å². The van der Waals surface area contributed by atoms with E-state index in [2.05, 4.69) is 0 Å². The number of carbonyl (C=O) groups excluding carboxylic acids is 1. The molecule has 3 rings (SSSR count). The van der Waals surface area contributed by atoms with E-state index in [-0.39, 0.29) is 18.6 Å². The van der Waals surface area contributed by atoms with Gasteiger partial charge in [0.2, 0.25) is 15.9 Å². The summed E-state index contributed by atoms with van der Waals surface area (Å²) in [5, 5.41) is 0.371. The molecule has 1 atom stereocenters. The first-order valence-corrected chi connectivity index (χ1v) is 11.5. The molecule has 6 nitrogen and oxygen atoms in total. The lowest BCUT2D eigenvalue weighted by Crippen LogP contribution is -2.49. The molecule has 30 heavy (non-hydrogen) atoms. The number of morpholine rings is 1. The smallest absolute Gasteiger partial charge is 0.246 e. The summed E-state index contributed by atoms with van der Waals surface area (Å²) in [6.45, 7) is 2.58. The third kappa shape index (κ3) is 5.18. The number of hydrogen-bond acceptors (Lipinski definition) is 4. The molecule has 0 bridgehead atoms. The summed E-state index contributed by atoms with van der Waals surface area (Å²) in [7, 11) is -4.28. The molecular formula is C21H24ClFN2O4S. The number of amides is 1. The van der Waals surface area contributed by atoms with Crippen LogP contribution in [-0.2, 0) is 26.1 Å². The van der Waals surface area contributed by atoms with Crippen molar-refractivity contribution in [2.75, 3.05) is 26.2 Å². The number of sulfonamides is 1. The van der Waals surface area contributed by atoms with Crippen LogP contribution in [0.1, 0.15) is 18.9 Å². The van der Waals surface area contributed by atoms with Gasteiger partial charge in [-0.2, -0.15) is 4.31 Å². The van der Waals surface area contributed by atoms with E-state index < -0.39 is 27.3 Å². The Hall–Kier alpha value is -2.00. The van der Waals surface area contributed by atoms with Crippen LogP contribution in [0.2, 0.25) is 5.02 Å². The molecule has 0 spiro atoms. The van der Waals surface area contributed by atoms with Crippen molar-refractivity contribution < 1.29 is 22.3 Å². The predicted octanol–water partition coefficient (Wildman–Crippen LogP) is 3.31. The van der Waals surface area contributed by atoms with E-state index in [1.165, 1.54) is 18.2 Å². The molecule has 1 aliphatic rings. The Labute approximate surface area is 181 Å². The first-order chi connectivity index (χ1) is 14.3. The molecule has 162 valence electrons. The third-order valence-corrected chi connectivity index (χ3v) is 7.21. The minimum Gasteiger partial charge on any atom is -0.375 e. The Bertz CT molecular complexity index is 1000. The van der Waals surface area contributed by atoms with Gasteiger partial charge in [0.1, 0.15) is 10.7 Å². The Kier molecular flexibility index (Phi) is 7.46. The average molecular weight is 455 g/mol. The molecule has 2 aromatic rings. The van der Waals surface area contributed by atoms with Crippen molar-refractivity contribution in [3.05, 3.63) is 64.9 Å². The SMILES string of the molecule is CCC1CN(C(=O)CN(Cc2ccccc2Cl)S(=O)(=O)c2ccccc2F)CCO1. The molecule has 1 saturated heterocycles. The fraction of sp³-hybridized carbons (Fsp3) is 0.381. The molecular weight excluding hydrogens is 431 g/mol. The molecule has 9 heteroatoms. The quantitative estimate of drug-likeness (QED) is 0.643. The van der Waals surface area contributed by atoms with Crippen molar-refractivity contribution >= 4 is 27.5 Å². The molecule has 1 aliphatic heterocycles. The molecule has 1 amide bonds. The van der Waals surface area contributed by atoms with Crippen LogP contribution in [0.15, 0.2) is 53.4 Å². The summed E-state index contributed by atoms with van der Waals surface area (Å²) in [6.07, 6.45) is 0.670. The first-order valence-electron chi connectivity index (χ1n) is 9.70. The molecule has 0 aliphatic carbocycles. The summed E-state index contributed by atoms with van der Waals surface area (Å²) in [4.78, 5) is 14.1. The van der Waals surface area contributed by atoms with Crippen molar-refractivity contribution in [1.82, 2.24) is 9.21 Å². The van der Waals surface area contributed by atoms with Gasteiger partial charge in [0.15, 0.2) is 0 Å². The van der Waals surface area contributed by atoms with Crippen molar-refractivity contribution in [1.29, 1.82) is 0 Å². The Morgan fingerprint density at radius 3 is 2.63 bits per heavy atom. The van der Waals surface area contributed by atoms with Gasteiger partial charge in [-0.05, 0) is 30.2 Å². The summed E-state index contributed by atoms with van der Waals surface area (Å²) in [5.41, 5.74) is 0.528. The minimum absolute atomic E-state index is 0.0807. The van der Waals surface area contributed by atoms with Crippen molar-refractivity contribution in [3.8, 4) is 0 Å². The second-order valence-corrected chi connectivity index (χ2v) is 9.35. The Balaban J connectivity index is 1.90. The maximum Gasteiger partial charge on any atom is 0.246 e. The standard InChI is InChI=1S/C21H24ClFN2O4S/c1-2-17-14-24(11-12-29-17)21(26)15-25(13-16-7-3-4-8-18(16)22)30(27,28)20-10-6-5-9-19(20)23/h3-10,17H,2,11-15H2,1H3. The number of carbonyl (C=O) groups is 1. The highest BCUT2D eigenvalue weighted by atomic mass is 35.5. The van der Waals surface area contributed by atoms with E-state index >= 15 is 0 Å². The summed E-state index contributed by atoms with van der Waals surface area (Å²) in [5.74, 6) is -1.23. The van der Waals surface area contributed by atoms with Crippen LogP contribution in [0.4, 0.5) is 4.39 Å². The zero-order chi connectivity index (χ0) is 21.7. The van der Waals surface area contributed by atoms with E-state index in [9.17, 15) is 17.6 Å². The molecule has 0 aromatic heterocycles. The Morgan fingerprint density at radius 2 is 1.93 bits per heavy atom. The third-order valence-electron chi connectivity index (χ3n) is 5.02. The van der Waals surface area contributed by atoms with Crippen molar-refractivity contribution in [2.45, 2.75) is 30.9 Å². The van der Waals surface area contributed by atoms with Gasteiger partial charge >= 0.3 is 0 Å². The van der Waals surface area contributed by atoms with Gasteiger partial charge in [0.25, 0.3) is 0 Å². The fourth-order valence-corrected chi connectivity index (χ4v) is 4.91. The van der Waals surface area contributed by atoms with Crippen LogP contribution >= 0.6 is 11.6 Å². The zero-order valence-corrected chi connectivity index (χ0v) is 18.2. The zero-order valence-electron chi connectivity index (χ0n) is 16.6. The van der Waals surface area contributed by atoms with E-state index in [1.54, 1.807) is 29.2 Å². The van der Waals surface area contributed by atoms with E-state index in [0.717, 1.165) is 16.8 Å². The first kappa shape index (κ1) is 22.7. The molecule has 1 fully saturated rings. The molecule has 0 radical (unpaired) electrons. The predicted molar refractivity (Wildman–Crippen MR) is 112 cm³/mol. The largest absolute Gasteiger partial charge is 0.375 e. The van der Waals surface area contributed by atoms with Crippen LogP contribution in [0, 0.1) is 5.82 Å². The van der Waals surface area contributed by atoms with Crippen LogP contribution in [0.5, 0.6) is 0 Å². The van der Waals surface area contributed by atoms with E-state index in [1.807, 2.05) is 6.92 Å². The van der Waals surface area contributed by atoms with Gasteiger partial charge in [-0.15, -0.1) is 0 Å². The summed E-state index contributed by atoms with van der Waals surface area (Å²) >= 11 is 6.21. The monoisotopic (exact) mass is 454 g/mol. The molecule has 1 heterocycles. The van der Waals surface area contributed by atoms with E-state index in [4.69, 9.17) is 16.3 Å². The second-order valence-electron chi connectivity index (χ2n) is 7.04. The molecule has 2 aromatic carbocycles. The lowest BCUT2D eigenvalue weighted by Gasteiger charge is -2.34. The van der Waals surface area contributed by atoms with Crippen LogP contribution < -0.4 is 0 Å². The number of benzene rings is 2. The van der Waals surface area contributed by atoms with Gasteiger partial charge in [0.05, 0.1) is 19.3 Å². The molecule has 0 saturated carbocycles. The number of hydrogen-bond donors (Lipinski definition) is 0. The van der Waals surface area contributed by atoms with Gasteiger partial charge in [0, 0.05) is 24.7 Å². The van der Waals surface area contributed by atoms with Crippen molar-refractivity contribution in [2.24, 2.45) is 0 Å². The highest BCUT2D eigenvalue weighted by Crippen LogP contribution is 2.24. The minimum atomic E-state index is -4.28. The summed E-state index contributed by atoms with van der Waals surface area (Å²) in [6, 6.07) is 11.9. The lowest BCUT2D eigenvalue weighted by atomic mass is 10.2. The topological polar surface area (TPSA) is 66.9 Å². The van der Waals surface area contributed by atoms with Gasteiger partial charge < -0.3 is 9.64 Å². The number of ether oxygens (including phenoxy) is 1. The molecule has 1 unspecified atom stereocenters. The van der Waals surface area contributed by atoms with Crippen LogP contribution in [-0.4, -0.2) is 55.9 Å². The lowest BCUT2D eigenvalue weighted by molar-refractivity contribution is -0.139. The summed E-state index contributed by atoms with van der Waals surface area (Å²) < 4.78 is 47.4. The number of halogens is 2. The molecule has 0 N–H and O–H groups in total.